The van der Waals surface area contributed by atoms with E-state index in [1.807, 2.05) is 12.1 Å². The summed E-state index contributed by atoms with van der Waals surface area (Å²) in [6, 6.07) is 14.5. The molecule has 0 spiro atoms. The van der Waals surface area contributed by atoms with Crippen LogP contribution < -0.4 is 15.5 Å². The Hall–Kier alpha value is -5.37. The molecule has 0 saturated heterocycles. The molecule has 10 nitrogen and oxygen atoms in total. The number of ether oxygens (including phenoxy) is 1. The first kappa shape index (κ1) is 37.4. The first-order valence-corrected chi connectivity index (χ1v) is 17.2. The summed E-state index contributed by atoms with van der Waals surface area (Å²) in [7, 11) is 0. The van der Waals surface area contributed by atoms with Crippen molar-refractivity contribution < 1.29 is 31.9 Å². The lowest BCUT2D eigenvalue weighted by atomic mass is 9.98. The lowest BCUT2D eigenvalue weighted by Gasteiger charge is -2.36. The van der Waals surface area contributed by atoms with Gasteiger partial charge in [-0.05, 0) is 126 Å². The average molecular weight is 732 g/mol. The Morgan fingerprint density at radius 3 is 2.28 bits per heavy atom. The van der Waals surface area contributed by atoms with Crippen molar-refractivity contribution in [2.45, 2.75) is 77.7 Å². The molecule has 0 aliphatic heterocycles. The number of amides is 2. The van der Waals surface area contributed by atoms with Gasteiger partial charge in [-0.25, -0.2) is 18.9 Å². The number of carbonyl (C=O) groups is 2. The van der Waals surface area contributed by atoms with Gasteiger partial charge < -0.3 is 15.4 Å². The maximum absolute atomic E-state index is 15.3. The number of benzene rings is 2. The number of aromatic nitrogens is 4. The molecule has 3 heterocycles. The number of nitrogens with zero attached hydrogens (tertiary/aromatic N) is 5. The van der Waals surface area contributed by atoms with E-state index >= 15 is 4.39 Å². The van der Waals surface area contributed by atoms with Crippen molar-refractivity contribution in [2.24, 2.45) is 5.92 Å². The second-order valence-electron chi connectivity index (χ2n) is 15.1. The van der Waals surface area contributed by atoms with Gasteiger partial charge in [-0.2, -0.15) is 18.3 Å². The highest BCUT2D eigenvalue weighted by atomic mass is 19.4. The van der Waals surface area contributed by atoms with E-state index in [9.17, 15) is 22.8 Å². The Bertz CT molecular complexity index is 2140. The Morgan fingerprint density at radius 1 is 0.925 bits per heavy atom. The smallest absolute Gasteiger partial charge is 0.435 e. The van der Waals surface area contributed by atoms with E-state index in [0.29, 0.717) is 28.3 Å². The van der Waals surface area contributed by atoms with Gasteiger partial charge in [-0.3, -0.25) is 14.7 Å². The summed E-state index contributed by atoms with van der Waals surface area (Å²) >= 11 is 0. The van der Waals surface area contributed by atoms with Crippen LogP contribution >= 0.6 is 0 Å². The summed E-state index contributed by atoms with van der Waals surface area (Å²) in [5.74, 6) is -1.06. The second-order valence-corrected chi connectivity index (χ2v) is 15.1. The number of fused-ring (bicyclic) bond motifs is 1. The lowest BCUT2D eigenvalue weighted by Crippen LogP contribution is -2.48. The minimum atomic E-state index is -4.90. The third-order valence-corrected chi connectivity index (χ3v) is 8.58. The molecule has 1 atom stereocenters. The fourth-order valence-corrected chi connectivity index (χ4v) is 5.91. The molecule has 1 aliphatic rings. The molecule has 1 unspecified atom stereocenters. The highest BCUT2D eigenvalue weighted by Gasteiger charge is 2.37. The van der Waals surface area contributed by atoms with Crippen LogP contribution in [0.1, 0.15) is 87.7 Å². The molecular formula is C39H41F4N7O3. The van der Waals surface area contributed by atoms with Gasteiger partial charge >= 0.3 is 12.3 Å². The van der Waals surface area contributed by atoms with Crippen molar-refractivity contribution in [3.05, 3.63) is 108 Å². The maximum atomic E-state index is 15.3. The van der Waals surface area contributed by atoms with Crippen LogP contribution in [0.15, 0.2) is 79.3 Å². The van der Waals surface area contributed by atoms with Crippen LogP contribution in [0, 0.1) is 11.7 Å². The second kappa shape index (κ2) is 14.2. The first-order valence-electron chi connectivity index (χ1n) is 17.2. The molecule has 2 amide bonds. The van der Waals surface area contributed by atoms with Crippen molar-refractivity contribution in [1.29, 1.82) is 0 Å². The van der Waals surface area contributed by atoms with Crippen LogP contribution in [0.4, 0.5) is 33.9 Å². The molecule has 53 heavy (non-hydrogen) atoms. The first-order chi connectivity index (χ1) is 24.9. The van der Waals surface area contributed by atoms with Gasteiger partial charge in [0, 0.05) is 35.6 Å². The number of nitrogens with one attached hydrogen (secondary N) is 2. The molecule has 278 valence electrons. The van der Waals surface area contributed by atoms with Crippen LogP contribution in [-0.2, 0) is 10.9 Å². The number of carbonyl (C=O) groups excluding carboxylic acids is 2. The molecule has 1 saturated carbocycles. The number of pyridine rings is 2. The Balaban J connectivity index is 1.40. The zero-order valence-electron chi connectivity index (χ0n) is 30.3. The fraction of sp³-hybridized carbons (Fsp3) is 0.359. The van der Waals surface area contributed by atoms with Gasteiger partial charge in [0.05, 0.1) is 17.4 Å². The fourth-order valence-electron chi connectivity index (χ4n) is 5.91. The largest absolute Gasteiger partial charge is 0.443 e. The van der Waals surface area contributed by atoms with Crippen LogP contribution in [0.5, 0.6) is 0 Å². The van der Waals surface area contributed by atoms with E-state index in [2.05, 4.69) is 25.7 Å². The third-order valence-electron chi connectivity index (χ3n) is 8.58. The van der Waals surface area contributed by atoms with Crippen molar-refractivity contribution >= 4 is 34.3 Å². The zero-order valence-corrected chi connectivity index (χ0v) is 30.3. The Morgan fingerprint density at radius 2 is 1.64 bits per heavy atom. The number of hydrogen-bond acceptors (Lipinski definition) is 7. The van der Waals surface area contributed by atoms with Gasteiger partial charge in [0.15, 0.2) is 5.69 Å². The van der Waals surface area contributed by atoms with Crippen molar-refractivity contribution in [1.82, 2.24) is 25.1 Å². The van der Waals surface area contributed by atoms with E-state index < -0.39 is 46.5 Å². The van der Waals surface area contributed by atoms with Gasteiger partial charge in [0.25, 0.3) is 5.91 Å². The topological polar surface area (TPSA) is 114 Å². The van der Waals surface area contributed by atoms with Crippen molar-refractivity contribution in [2.75, 3.05) is 16.8 Å². The van der Waals surface area contributed by atoms with E-state index in [-0.39, 0.29) is 23.2 Å². The molecule has 3 aromatic heterocycles. The predicted octanol–water partition coefficient (Wildman–Crippen LogP) is 8.85. The SMILES string of the molecule is CC(C)(C)OC(=O)N(c1nccc2ccc(-n3nc(C(F)(F)F)cc3C(=O)Nc3cc(C(NCC4CC4)c4ccncc4)ccc3F)cc12)C(C)(C)C. The number of hydrogen-bond donors (Lipinski definition) is 2. The summed E-state index contributed by atoms with van der Waals surface area (Å²) in [6.45, 7) is 11.3. The van der Waals surface area contributed by atoms with Gasteiger partial charge in [0.1, 0.15) is 22.9 Å². The summed E-state index contributed by atoms with van der Waals surface area (Å²) in [6.07, 6.45) is 1.46. The Labute approximate surface area is 304 Å². The van der Waals surface area contributed by atoms with E-state index in [1.165, 1.54) is 35.4 Å². The summed E-state index contributed by atoms with van der Waals surface area (Å²) in [4.78, 5) is 37.3. The van der Waals surface area contributed by atoms with Crippen LogP contribution in [0.25, 0.3) is 16.5 Å². The van der Waals surface area contributed by atoms with Crippen molar-refractivity contribution in [3.63, 3.8) is 0 Å². The van der Waals surface area contributed by atoms with Gasteiger partial charge in [-0.1, -0.05) is 12.1 Å². The highest BCUT2D eigenvalue weighted by molar-refractivity contribution is 6.04. The number of anilines is 2. The molecule has 2 N–H and O–H groups in total. The summed E-state index contributed by atoms with van der Waals surface area (Å²) in [5, 5.41) is 10.8. The highest BCUT2D eigenvalue weighted by Crippen LogP contribution is 2.35. The van der Waals surface area contributed by atoms with E-state index in [1.54, 1.807) is 72.1 Å². The normalized spacial score (nSPS) is 14.2. The standard InChI is InChI=1S/C39H41F4N7O3/c1-37(2,3)49(36(52)53-38(4,5)6)34-28-20-27(11-9-24(28)15-18-45-34)50-31(21-32(48-50)39(41,42)43)35(51)47-30-19-26(10-12-29(30)40)33(46-22-23-7-8-23)25-13-16-44-17-14-25/h9-21,23,33,46H,7-8,22H2,1-6H3,(H,47,51). The lowest BCUT2D eigenvalue weighted by molar-refractivity contribution is -0.141. The molecule has 14 heteroatoms. The predicted molar refractivity (Wildman–Crippen MR) is 193 cm³/mol. The van der Waals surface area contributed by atoms with Gasteiger partial charge in [0.2, 0.25) is 0 Å². The Kier molecular flexibility index (Phi) is 10.0. The van der Waals surface area contributed by atoms with Gasteiger partial charge in [-0.15, -0.1) is 0 Å². The molecule has 0 radical (unpaired) electrons. The third kappa shape index (κ3) is 8.65. The number of halogens is 4. The molecule has 0 bridgehead atoms. The van der Waals surface area contributed by atoms with Crippen molar-refractivity contribution in [3.8, 4) is 5.69 Å². The minimum absolute atomic E-state index is 0.0710. The molecule has 1 aliphatic carbocycles. The molecule has 5 aromatic rings. The number of rotatable bonds is 9. The summed E-state index contributed by atoms with van der Waals surface area (Å²) < 4.78 is 64.2. The maximum Gasteiger partial charge on any atom is 0.435 e. The zero-order chi connectivity index (χ0) is 38.3. The van der Waals surface area contributed by atoms with E-state index in [0.717, 1.165) is 29.6 Å². The number of alkyl halides is 3. The monoisotopic (exact) mass is 731 g/mol. The minimum Gasteiger partial charge on any atom is -0.443 e. The molecule has 2 aromatic carbocycles. The van der Waals surface area contributed by atoms with Crippen LogP contribution in [0.2, 0.25) is 0 Å². The molecular weight excluding hydrogens is 690 g/mol. The quantitative estimate of drug-likeness (QED) is 0.146. The van der Waals surface area contributed by atoms with Crippen LogP contribution in [0.3, 0.4) is 0 Å². The molecule has 6 rings (SSSR count). The van der Waals surface area contributed by atoms with E-state index in [4.69, 9.17) is 4.74 Å². The van der Waals surface area contributed by atoms with Crippen LogP contribution in [-0.4, -0.2) is 49.4 Å². The average Bonchev–Trinajstić information content (AvgIpc) is 3.78. The summed E-state index contributed by atoms with van der Waals surface area (Å²) in [5.41, 5.74) is -2.11. The molecule has 1 fully saturated rings.